The number of Topliss-reactive ketones (excluding diaryl/α,β-unsaturated/α-hetero) is 1. The van der Waals surface area contributed by atoms with Gasteiger partial charge >= 0.3 is 0 Å². The average Bonchev–Trinajstić information content (AvgIpc) is 3.05. The Morgan fingerprint density at radius 1 is 1.19 bits per heavy atom. The summed E-state index contributed by atoms with van der Waals surface area (Å²) in [5, 5.41) is 20.3. The molecular weight excluding hydrogens is 410 g/mol. The van der Waals surface area contributed by atoms with Crippen molar-refractivity contribution in [3.8, 4) is 11.8 Å². The molecule has 4 rings (SSSR count). The Kier molecular flexibility index (Phi) is 6.43. The van der Waals surface area contributed by atoms with Gasteiger partial charge in [0.05, 0.1) is 24.2 Å². The van der Waals surface area contributed by atoms with Gasteiger partial charge < -0.3 is 9.67 Å². The molecule has 1 aliphatic rings. The number of fused-ring (bicyclic) bond motifs is 1. The number of nitriles is 1. The van der Waals surface area contributed by atoms with Crippen molar-refractivity contribution >= 4 is 28.3 Å². The molecule has 1 saturated heterocycles. The van der Waals surface area contributed by atoms with E-state index in [9.17, 15) is 9.90 Å². The Morgan fingerprint density at radius 3 is 2.58 bits per heavy atom. The number of halogens is 1. The van der Waals surface area contributed by atoms with Crippen LogP contribution in [0.15, 0.2) is 42.5 Å². The third-order valence-electron chi connectivity index (χ3n) is 6.08. The number of piperidine rings is 1. The van der Waals surface area contributed by atoms with Crippen molar-refractivity contribution in [1.29, 1.82) is 5.26 Å². The second-order valence-electron chi connectivity index (χ2n) is 8.21. The topological polar surface area (TPSA) is 69.3 Å². The molecule has 1 aliphatic heterocycles. The lowest BCUT2D eigenvalue weighted by molar-refractivity contribution is 0.0711. The highest BCUT2D eigenvalue weighted by Gasteiger charge is 2.25. The Hall–Kier alpha value is -2.65. The van der Waals surface area contributed by atoms with Crippen molar-refractivity contribution in [3.63, 3.8) is 0 Å². The number of aliphatic hydroxyl groups is 1. The number of aryl methyl sites for hydroxylation is 1. The summed E-state index contributed by atoms with van der Waals surface area (Å²) in [7, 11) is 0. The van der Waals surface area contributed by atoms with Gasteiger partial charge in [-0.05, 0) is 62.1 Å². The van der Waals surface area contributed by atoms with Crippen molar-refractivity contribution in [2.24, 2.45) is 0 Å². The van der Waals surface area contributed by atoms with Crippen LogP contribution >= 0.6 is 11.6 Å². The molecule has 1 aromatic heterocycles. The van der Waals surface area contributed by atoms with Gasteiger partial charge in [-0.15, -0.1) is 0 Å². The van der Waals surface area contributed by atoms with Crippen LogP contribution in [-0.4, -0.2) is 46.1 Å². The summed E-state index contributed by atoms with van der Waals surface area (Å²) in [6, 6.07) is 15.9. The summed E-state index contributed by atoms with van der Waals surface area (Å²) in [6.07, 6.45) is 2.30. The molecule has 6 heteroatoms. The number of aliphatic hydroxyl groups excluding tert-OH is 1. The number of hydrogen-bond acceptors (Lipinski definition) is 4. The number of nitrogens with zero attached hydrogens (tertiary/aromatic N) is 3. The van der Waals surface area contributed by atoms with E-state index < -0.39 is 0 Å². The molecule has 0 unspecified atom stereocenters. The van der Waals surface area contributed by atoms with Crippen LogP contribution in [-0.2, 0) is 6.42 Å². The molecule has 0 spiro atoms. The molecule has 0 aliphatic carbocycles. The van der Waals surface area contributed by atoms with Gasteiger partial charge in [0, 0.05) is 46.9 Å². The number of rotatable bonds is 6. The fourth-order valence-electron chi connectivity index (χ4n) is 4.45. The summed E-state index contributed by atoms with van der Waals surface area (Å²) in [5.74, 6) is 0.0939. The third kappa shape index (κ3) is 4.52. The van der Waals surface area contributed by atoms with E-state index in [0.29, 0.717) is 37.3 Å². The zero-order chi connectivity index (χ0) is 22.0. The van der Waals surface area contributed by atoms with Gasteiger partial charge in [0.15, 0.2) is 5.78 Å². The highest BCUT2D eigenvalue weighted by atomic mass is 35.5. The maximum atomic E-state index is 13.4. The number of hydrogen-bond donors (Lipinski definition) is 1. The molecule has 160 valence electrons. The van der Waals surface area contributed by atoms with Gasteiger partial charge in [-0.25, -0.2) is 0 Å². The maximum absolute atomic E-state index is 13.4. The lowest BCUT2D eigenvalue weighted by atomic mass is 10.0. The van der Waals surface area contributed by atoms with E-state index in [2.05, 4.69) is 21.6 Å². The molecule has 2 heterocycles. The van der Waals surface area contributed by atoms with E-state index in [1.165, 1.54) is 0 Å². The molecule has 31 heavy (non-hydrogen) atoms. The van der Waals surface area contributed by atoms with E-state index in [4.69, 9.17) is 16.9 Å². The first-order valence-electron chi connectivity index (χ1n) is 10.7. The monoisotopic (exact) mass is 435 g/mol. The number of carbonyl (C=O) groups is 1. The van der Waals surface area contributed by atoms with E-state index in [1.54, 1.807) is 0 Å². The standard InChI is InChI=1S/C25H26ClN3O2/c1-17-25(24(31)16-28-13-10-21(30)11-14-28)22-9-4-18(3-2-12-27)15-23(22)29(17)20-7-5-19(26)6-8-20/h4-9,15,21,30H,2-3,10-11,13-14,16H2,1H3. The van der Waals surface area contributed by atoms with Crippen molar-refractivity contribution in [3.05, 3.63) is 64.3 Å². The first-order valence-corrected chi connectivity index (χ1v) is 11.1. The second-order valence-corrected chi connectivity index (χ2v) is 8.65. The van der Waals surface area contributed by atoms with Gasteiger partial charge in [-0.1, -0.05) is 23.7 Å². The fraction of sp³-hybridized carbons (Fsp3) is 0.360. The number of likely N-dealkylation sites (tertiary alicyclic amines) is 1. The molecule has 2 aromatic carbocycles. The Balaban J connectivity index is 1.77. The maximum Gasteiger partial charge on any atom is 0.179 e. The smallest absolute Gasteiger partial charge is 0.179 e. The van der Waals surface area contributed by atoms with Gasteiger partial charge in [-0.2, -0.15) is 5.26 Å². The second kappa shape index (κ2) is 9.23. The van der Waals surface area contributed by atoms with Crippen LogP contribution in [0, 0.1) is 18.3 Å². The molecular formula is C25H26ClN3O2. The molecule has 0 saturated carbocycles. The highest BCUT2D eigenvalue weighted by Crippen LogP contribution is 2.31. The summed E-state index contributed by atoms with van der Waals surface area (Å²) >= 11 is 6.10. The average molecular weight is 436 g/mol. The van der Waals surface area contributed by atoms with Crippen molar-refractivity contribution in [2.45, 2.75) is 38.7 Å². The number of aromatic nitrogens is 1. The number of benzene rings is 2. The van der Waals surface area contributed by atoms with Crippen LogP contribution in [0.1, 0.15) is 40.9 Å². The van der Waals surface area contributed by atoms with Gasteiger partial charge in [-0.3, -0.25) is 9.69 Å². The number of ketones is 1. The minimum Gasteiger partial charge on any atom is -0.393 e. The summed E-state index contributed by atoms with van der Waals surface area (Å²) < 4.78 is 2.11. The predicted octanol–water partition coefficient (Wildman–Crippen LogP) is 4.69. The predicted molar refractivity (Wildman–Crippen MR) is 123 cm³/mol. The van der Waals surface area contributed by atoms with Crippen LogP contribution in [0.3, 0.4) is 0 Å². The lowest BCUT2D eigenvalue weighted by Gasteiger charge is -2.28. The summed E-state index contributed by atoms with van der Waals surface area (Å²) in [5.41, 5.74) is 4.63. The molecule has 5 nitrogen and oxygen atoms in total. The van der Waals surface area contributed by atoms with Crippen molar-refractivity contribution in [2.75, 3.05) is 19.6 Å². The van der Waals surface area contributed by atoms with Gasteiger partial charge in [0.25, 0.3) is 0 Å². The zero-order valence-corrected chi connectivity index (χ0v) is 18.4. The minimum absolute atomic E-state index is 0.0939. The van der Waals surface area contributed by atoms with E-state index in [0.717, 1.165) is 46.5 Å². The Labute approximate surface area is 187 Å². The van der Waals surface area contributed by atoms with Crippen LogP contribution in [0.5, 0.6) is 0 Å². The van der Waals surface area contributed by atoms with Gasteiger partial charge in [0.1, 0.15) is 0 Å². The Morgan fingerprint density at radius 2 is 1.90 bits per heavy atom. The number of carbonyl (C=O) groups excluding carboxylic acids is 1. The third-order valence-corrected chi connectivity index (χ3v) is 6.34. The lowest BCUT2D eigenvalue weighted by Crippen LogP contribution is -2.39. The normalized spacial score (nSPS) is 15.3. The Bertz CT molecular complexity index is 1140. The van der Waals surface area contributed by atoms with Crippen molar-refractivity contribution in [1.82, 2.24) is 9.47 Å². The van der Waals surface area contributed by atoms with E-state index in [-0.39, 0.29) is 11.9 Å². The molecule has 1 fully saturated rings. The van der Waals surface area contributed by atoms with Crippen LogP contribution in [0.25, 0.3) is 16.6 Å². The molecule has 3 aromatic rings. The molecule has 1 N–H and O–H groups in total. The first kappa shape index (κ1) is 21.6. The molecule has 0 amide bonds. The largest absolute Gasteiger partial charge is 0.393 e. The van der Waals surface area contributed by atoms with Crippen LogP contribution < -0.4 is 0 Å². The quantitative estimate of drug-likeness (QED) is 0.570. The summed E-state index contributed by atoms with van der Waals surface area (Å²) in [6.45, 7) is 3.81. The SMILES string of the molecule is Cc1c(C(=O)CN2CCC(O)CC2)c2ccc(CCC#N)cc2n1-c1ccc(Cl)cc1. The molecule has 0 bridgehead atoms. The van der Waals surface area contributed by atoms with Crippen LogP contribution in [0.4, 0.5) is 0 Å². The van der Waals surface area contributed by atoms with E-state index >= 15 is 0 Å². The molecule has 0 radical (unpaired) electrons. The molecule has 0 atom stereocenters. The fourth-order valence-corrected chi connectivity index (χ4v) is 4.58. The van der Waals surface area contributed by atoms with Gasteiger partial charge in [0.2, 0.25) is 0 Å². The minimum atomic E-state index is -0.258. The highest BCUT2D eigenvalue weighted by molar-refractivity contribution is 6.30. The van der Waals surface area contributed by atoms with Crippen molar-refractivity contribution < 1.29 is 9.90 Å². The zero-order valence-electron chi connectivity index (χ0n) is 17.6. The van der Waals surface area contributed by atoms with E-state index in [1.807, 2.05) is 43.3 Å². The summed E-state index contributed by atoms with van der Waals surface area (Å²) in [4.78, 5) is 15.5. The first-order chi connectivity index (χ1) is 15.0. The van der Waals surface area contributed by atoms with Crippen LogP contribution in [0.2, 0.25) is 5.02 Å².